The molecule has 2 aliphatic rings. The number of aromatic hydroxyl groups is 1. The molecule has 0 aliphatic carbocycles. The number of carbonyl (C=O) groups is 1. The maximum Gasteiger partial charge on any atom is 0.340 e. The van der Waals surface area contributed by atoms with Crippen LogP contribution in [-0.2, 0) is 16.0 Å². The molecule has 7 heteroatoms. The van der Waals surface area contributed by atoms with Crippen LogP contribution in [0.4, 0.5) is 0 Å². The second kappa shape index (κ2) is 7.13. The van der Waals surface area contributed by atoms with E-state index < -0.39 is 5.63 Å². The molecular weight excluding hydrogens is 362 g/mol. The number of methoxy groups -OCH3 is 1. The van der Waals surface area contributed by atoms with Crippen LogP contribution in [0.15, 0.2) is 21.3 Å². The molecule has 1 aromatic heterocycles. The Balaban J connectivity index is 1.56. The van der Waals surface area contributed by atoms with E-state index >= 15 is 0 Å². The van der Waals surface area contributed by atoms with Crippen LogP contribution >= 0.6 is 0 Å². The zero-order chi connectivity index (χ0) is 19.9. The van der Waals surface area contributed by atoms with E-state index in [-0.39, 0.29) is 29.1 Å². The Labute approximate surface area is 162 Å². The van der Waals surface area contributed by atoms with Crippen LogP contribution in [0.25, 0.3) is 11.0 Å². The molecule has 1 aromatic carbocycles. The minimum absolute atomic E-state index is 0.0107. The molecule has 2 aliphatic heterocycles. The summed E-state index contributed by atoms with van der Waals surface area (Å²) in [6.45, 7) is 4.78. The molecule has 2 fully saturated rings. The van der Waals surface area contributed by atoms with Crippen LogP contribution in [0.5, 0.6) is 11.5 Å². The minimum Gasteiger partial charge on any atom is -0.504 e. The second-order valence-electron chi connectivity index (χ2n) is 7.87. The predicted octanol–water partition coefficient (Wildman–Crippen LogP) is 2.39. The molecule has 2 saturated heterocycles. The first-order valence-electron chi connectivity index (χ1n) is 9.61. The van der Waals surface area contributed by atoms with Gasteiger partial charge in [-0.2, -0.15) is 0 Å². The Hall–Kier alpha value is -2.54. The second-order valence-corrected chi connectivity index (χ2v) is 7.87. The van der Waals surface area contributed by atoms with Gasteiger partial charge < -0.3 is 23.9 Å². The van der Waals surface area contributed by atoms with Crippen LogP contribution in [0, 0.1) is 12.3 Å². The van der Waals surface area contributed by atoms with E-state index in [4.69, 9.17) is 13.9 Å². The van der Waals surface area contributed by atoms with Gasteiger partial charge in [-0.3, -0.25) is 4.79 Å². The number of piperidine rings is 1. The number of rotatable bonds is 3. The summed E-state index contributed by atoms with van der Waals surface area (Å²) in [4.78, 5) is 27.2. The Morgan fingerprint density at radius 1 is 1.29 bits per heavy atom. The number of carbonyl (C=O) groups excluding carboxylic acids is 1. The molecule has 150 valence electrons. The lowest BCUT2D eigenvalue weighted by atomic mass is 9.78. The normalized spacial score (nSPS) is 18.7. The molecule has 28 heavy (non-hydrogen) atoms. The van der Waals surface area contributed by atoms with Crippen molar-refractivity contribution in [2.45, 2.75) is 32.6 Å². The van der Waals surface area contributed by atoms with E-state index in [2.05, 4.69) is 0 Å². The molecule has 1 spiro atoms. The summed E-state index contributed by atoms with van der Waals surface area (Å²) in [7, 11) is 1.46. The fraction of sp³-hybridized carbons (Fsp3) is 0.524. The summed E-state index contributed by atoms with van der Waals surface area (Å²) in [6, 6.07) is 2.99. The standard InChI is InChI=1S/C21H25NO6/c1-13-14-9-18(26-2)16(23)11-17(14)28-20(25)15(13)10-19(24)22-6-3-21(4-7-22)5-8-27-12-21/h9,11,23H,3-8,10,12H2,1-2H3. The van der Waals surface area contributed by atoms with E-state index in [0.29, 0.717) is 35.4 Å². The Morgan fingerprint density at radius 3 is 2.68 bits per heavy atom. The maximum atomic E-state index is 12.8. The van der Waals surface area contributed by atoms with Crippen molar-refractivity contribution >= 4 is 16.9 Å². The van der Waals surface area contributed by atoms with E-state index in [1.807, 2.05) is 4.90 Å². The highest BCUT2D eigenvalue weighted by atomic mass is 16.5. The quantitative estimate of drug-likeness (QED) is 0.814. The molecule has 7 nitrogen and oxygen atoms in total. The first-order chi connectivity index (χ1) is 13.4. The molecule has 0 bridgehead atoms. The van der Waals surface area contributed by atoms with Gasteiger partial charge in [0, 0.05) is 31.1 Å². The van der Waals surface area contributed by atoms with Gasteiger partial charge in [0.2, 0.25) is 5.91 Å². The summed E-state index contributed by atoms with van der Waals surface area (Å²) in [5.74, 6) is 0.135. The molecule has 0 atom stereocenters. The number of aryl methyl sites for hydroxylation is 1. The average Bonchev–Trinajstić information content (AvgIpc) is 3.13. The van der Waals surface area contributed by atoms with Crippen molar-refractivity contribution in [3.8, 4) is 11.5 Å². The van der Waals surface area contributed by atoms with Gasteiger partial charge in [0.25, 0.3) is 0 Å². The fourth-order valence-electron chi connectivity index (χ4n) is 4.31. The third kappa shape index (κ3) is 3.24. The zero-order valence-electron chi connectivity index (χ0n) is 16.2. The van der Waals surface area contributed by atoms with Gasteiger partial charge >= 0.3 is 5.63 Å². The lowest BCUT2D eigenvalue weighted by Gasteiger charge is -2.38. The van der Waals surface area contributed by atoms with Gasteiger partial charge in [-0.1, -0.05) is 0 Å². The first kappa shape index (κ1) is 18.8. The summed E-state index contributed by atoms with van der Waals surface area (Å²) in [6.07, 6.45) is 2.97. The van der Waals surface area contributed by atoms with Crippen molar-refractivity contribution in [1.82, 2.24) is 4.90 Å². The molecule has 0 saturated carbocycles. The minimum atomic E-state index is -0.541. The van der Waals surface area contributed by atoms with E-state index in [1.165, 1.54) is 13.2 Å². The van der Waals surface area contributed by atoms with Crippen molar-refractivity contribution < 1.29 is 23.8 Å². The van der Waals surface area contributed by atoms with Crippen molar-refractivity contribution in [3.05, 3.63) is 33.7 Å². The van der Waals surface area contributed by atoms with Crippen LogP contribution in [0.2, 0.25) is 0 Å². The van der Waals surface area contributed by atoms with Gasteiger partial charge in [0.05, 0.1) is 25.7 Å². The highest BCUT2D eigenvalue weighted by Crippen LogP contribution is 2.39. The highest BCUT2D eigenvalue weighted by Gasteiger charge is 2.39. The van der Waals surface area contributed by atoms with E-state index in [0.717, 1.165) is 32.5 Å². The van der Waals surface area contributed by atoms with Crippen LogP contribution in [0.1, 0.15) is 30.4 Å². The van der Waals surface area contributed by atoms with Crippen molar-refractivity contribution in [2.75, 3.05) is 33.4 Å². The number of benzene rings is 1. The van der Waals surface area contributed by atoms with Gasteiger partial charge in [-0.05, 0) is 43.2 Å². The fourth-order valence-corrected chi connectivity index (χ4v) is 4.31. The summed E-state index contributed by atoms with van der Waals surface area (Å²) >= 11 is 0. The largest absolute Gasteiger partial charge is 0.504 e. The molecule has 1 amide bonds. The average molecular weight is 387 g/mol. The van der Waals surface area contributed by atoms with Crippen LogP contribution in [0.3, 0.4) is 0 Å². The van der Waals surface area contributed by atoms with Crippen molar-refractivity contribution in [1.29, 1.82) is 0 Å². The number of phenolic OH excluding ortho intramolecular Hbond substituents is 1. The summed E-state index contributed by atoms with van der Waals surface area (Å²) < 4.78 is 16.0. The zero-order valence-corrected chi connectivity index (χ0v) is 16.2. The monoisotopic (exact) mass is 387 g/mol. The van der Waals surface area contributed by atoms with Crippen molar-refractivity contribution in [3.63, 3.8) is 0 Å². The summed E-state index contributed by atoms with van der Waals surface area (Å²) in [5, 5.41) is 10.6. The SMILES string of the molecule is COc1cc2c(C)c(CC(=O)N3CCC4(CCOC4)CC3)c(=O)oc2cc1O. The number of likely N-dealkylation sites (tertiary alicyclic amines) is 1. The molecule has 0 unspecified atom stereocenters. The van der Waals surface area contributed by atoms with E-state index in [1.54, 1.807) is 13.0 Å². The Morgan fingerprint density at radius 2 is 2.04 bits per heavy atom. The number of ether oxygens (including phenoxy) is 2. The Bertz CT molecular complexity index is 963. The van der Waals surface area contributed by atoms with Crippen molar-refractivity contribution in [2.24, 2.45) is 5.41 Å². The van der Waals surface area contributed by atoms with Gasteiger partial charge in [-0.15, -0.1) is 0 Å². The molecular formula is C21H25NO6. The lowest BCUT2D eigenvalue weighted by Crippen LogP contribution is -2.44. The third-order valence-electron chi connectivity index (χ3n) is 6.28. The van der Waals surface area contributed by atoms with Gasteiger partial charge in [0.15, 0.2) is 11.5 Å². The molecule has 1 N–H and O–H groups in total. The number of fused-ring (bicyclic) bond motifs is 1. The predicted molar refractivity (Wildman–Crippen MR) is 103 cm³/mol. The summed E-state index contributed by atoms with van der Waals surface area (Å²) in [5.41, 5.74) is 0.997. The number of phenols is 1. The lowest BCUT2D eigenvalue weighted by molar-refractivity contribution is -0.132. The molecule has 2 aromatic rings. The van der Waals surface area contributed by atoms with Gasteiger partial charge in [-0.25, -0.2) is 4.79 Å². The third-order valence-corrected chi connectivity index (χ3v) is 6.28. The number of hydrogen-bond acceptors (Lipinski definition) is 6. The first-order valence-corrected chi connectivity index (χ1v) is 9.61. The molecule has 4 rings (SSSR count). The molecule has 0 radical (unpaired) electrons. The Kier molecular flexibility index (Phi) is 4.79. The molecule has 3 heterocycles. The number of amides is 1. The highest BCUT2D eigenvalue weighted by molar-refractivity contribution is 5.86. The van der Waals surface area contributed by atoms with Crippen LogP contribution in [-0.4, -0.2) is 49.3 Å². The van der Waals surface area contributed by atoms with Crippen LogP contribution < -0.4 is 10.4 Å². The smallest absolute Gasteiger partial charge is 0.340 e. The maximum absolute atomic E-state index is 12.8. The van der Waals surface area contributed by atoms with E-state index in [9.17, 15) is 14.7 Å². The number of nitrogens with zero attached hydrogens (tertiary/aromatic N) is 1. The number of hydrogen-bond donors (Lipinski definition) is 1. The van der Waals surface area contributed by atoms with Gasteiger partial charge in [0.1, 0.15) is 5.58 Å². The topological polar surface area (TPSA) is 89.2 Å².